The van der Waals surface area contributed by atoms with Crippen LogP contribution in [0.15, 0.2) is 36.9 Å². The normalized spacial score (nSPS) is 27.5. The van der Waals surface area contributed by atoms with Crippen LogP contribution in [-0.4, -0.2) is 90.3 Å². The van der Waals surface area contributed by atoms with Crippen LogP contribution in [0.5, 0.6) is 0 Å². The van der Waals surface area contributed by atoms with E-state index in [4.69, 9.17) is 9.47 Å². The molecular weight excluding hydrogens is 666 g/mol. The second-order valence-electron chi connectivity index (χ2n) is 14.7. The molecule has 6 rings (SSSR count). The van der Waals surface area contributed by atoms with Gasteiger partial charge in [0.25, 0.3) is 5.91 Å². The predicted octanol–water partition coefficient (Wildman–Crippen LogP) is 2.45. The third-order valence-electron chi connectivity index (χ3n) is 10.3. The Morgan fingerprint density at radius 3 is 2.60 bits per heavy atom. The van der Waals surface area contributed by atoms with Gasteiger partial charge in [-0.15, -0.1) is 6.58 Å². The smallest absolute Gasteiger partial charge is 0.407 e. The molecule has 2 aliphatic heterocycles. The number of aromatic nitrogens is 1. The molecule has 2 saturated carbocycles. The molecule has 3 N–H and O–H groups in total. The number of ether oxygens (including phenoxy) is 2. The van der Waals surface area contributed by atoms with Gasteiger partial charge in [-0.2, -0.15) is 0 Å². The third kappa shape index (κ3) is 7.23. The van der Waals surface area contributed by atoms with E-state index in [-0.39, 0.29) is 31.4 Å². The predicted molar refractivity (Wildman–Crippen MR) is 182 cm³/mol. The molecule has 1 aromatic heterocycles. The Hall–Kier alpha value is -4.40. The molecule has 3 heterocycles. The Balaban J connectivity index is 1.26. The minimum absolute atomic E-state index is 0.0893. The summed E-state index contributed by atoms with van der Waals surface area (Å²) >= 11 is 0. The van der Waals surface area contributed by atoms with Crippen molar-refractivity contribution >= 4 is 50.7 Å². The summed E-state index contributed by atoms with van der Waals surface area (Å²) in [6.45, 7) is 7.23. The molecule has 270 valence electrons. The van der Waals surface area contributed by atoms with Crippen molar-refractivity contribution in [3.05, 3.63) is 48.2 Å². The second kappa shape index (κ2) is 13.4. The fourth-order valence-corrected chi connectivity index (χ4v) is 8.39. The molecule has 1 saturated heterocycles. The van der Waals surface area contributed by atoms with Crippen LogP contribution >= 0.6 is 0 Å². The number of nitrogens with zero attached hydrogens (tertiary/aromatic N) is 2. The van der Waals surface area contributed by atoms with Gasteiger partial charge >= 0.3 is 12.1 Å². The van der Waals surface area contributed by atoms with Gasteiger partial charge in [0.15, 0.2) is 0 Å². The van der Waals surface area contributed by atoms with Gasteiger partial charge in [-0.3, -0.25) is 19.1 Å². The first-order valence-corrected chi connectivity index (χ1v) is 18.7. The lowest BCUT2D eigenvalue weighted by Crippen LogP contribution is -2.57. The van der Waals surface area contributed by atoms with Crippen LogP contribution in [0.3, 0.4) is 0 Å². The molecule has 4 amide bonds. The summed E-state index contributed by atoms with van der Waals surface area (Å²) in [5, 5.41) is 5.45. The quantitative estimate of drug-likeness (QED) is 0.300. The minimum Gasteiger partial charge on any atom is -0.456 e. The summed E-state index contributed by atoms with van der Waals surface area (Å²) in [7, 11) is -2.11. The van der Waals surface area contributed by atoms with Gasteiger partial charge in [-0.05, 0) is 61.6 Å². The van der Waals surface area contributed by atoms with Gasteiger partial charge in [-0.25, -0.2) is 18.0 Å². The van der Waals surface area contributed by atoms with Crippen LogP contribution in [0.25, 0.3) is 10.9 Å². The van der Waals surface area contributed by atoms with Crippen molar-refractivity contribution in [1.29, 1.82) is 0 Å². The molecule has 0 unspecified atom stereocenters. The van der Waals surface area contributed by atoms with Crippen molar-refractivity contribution in [2.45, 2.75) is 88.1 Å². The summed E-state index contributed by atoms with van der Waals surface area (Å²) in [6, 6.07) is 6.54. The Kier molecular flexibility index (Phi) is 9.48. The average Bonchev–Trinajstić information content (AvgIpc) is 3.97. The van der Waals surface area contributed by atoms with Crippen LogP contribution in [0.2, 0.25) is 0 Å². The summed E-state index contributed by atoms with van der Waals surface area (Å²) in [4.78, 5) is 68.2. The summed E-state index contributed by atoms with van der Waals surface area (Å²) in [6.07, 6.45) is 4.10. The van der Waals surface area contributed by atoms with Crippen LogP contribution in [-0.2, 0) is 47.3 Å². The third-order valence-corrected chi connectivity index (χ3v) is 12.1. The van der Waals surface area contributed by atoms with Crippen LogP contribution < -0.4 is 15.4 Å². The molecule has 2 aromatic rings. The first kappa shape index (κ1) is 35.4. The van der Waals surface area contributed by atoms with Crippen molar-refractivity contribution in [2.75, 3.05) is 19.7 Å². The van der Waals surface area contributed by atoms with Crippen LogP contribution in [0, 0.1) is 11.3 Å². The molecule has 0 spiro atoms. The lowest BCUT2D eigenvalue weighted by atomic mass is 9.87. The molecule has 0 radical (unpaired) electrons. The number of rotatable bonds is 6. The fraction of sp³-hybridized carbons (Fsp3) is 0.571. The number of nitrogens with one attached hydrogen (secondary N) is 3. The summed E-state index contributed by atoms with van der Waals surface area (Å²) < 4.78 is 40.4. The number of benzene rings is 1. The monoisotopic (exact) mass is 711 g/mol. The largest absolute Gasteiger partial charge is 0.456 e. The van der Waals surface area contributed by atoms with Crippen molar-refractivity contribution in [3.63, 3.8) is 0 Å². The molecule has 14 nitrogen and oxygen atoms in total. The van der Waals surface area contributed by atoms with E-state index in [0.717, 1.165) is 42.1 Å². The van der Waals surface area contributed by atoms with Gasteiger partial charge in [0.2, 0.25) is 21.8 Å². The lowest BCUT2D eigenvalue weighted by Gasteiger charge is -2.27. The number of aryl methyl sites for hydroxylation is 2. The van der Waals surface area contributed by atoms with Gasteiger partial charge in [0.1, 0.15) is 29.9 Å². The van der Waals surface area contributed by atoms with Crippen LogP contribution in [0.4, 0.5) is 4.79 Å². The topological polar surface area (TPSA) is 182 Å². The summed E-state index contributed by atoms with van der Waals surface area (Å²) in [5.74, 6) is -3.38. The van der Waals surface area contributed by atoms with Gasteiger partial charge in [0.05, 0.1) is 18.4 Å². The van der Waals surface area contributed by atoms with E-state index >= 15 is 0 Å². The lowest BCUT2D eigenvalue weighted by molar-refractivity contribution is -0.139. The number of fused-ring (bicyclic) bond motifs is 3. The standard InChI is InChI=1S/C35H45N5O9S/c1-5-22-17-35(22,32(44)38-50(46,47)24-12-13-24)37-30(42)27-15-23-19-40(27)29(41)18-36-33(45)48-20-34(2,3)14-7-6-9-21-10-8-11-26-25(21)16-28(39(26)4)31(43)49-23/h5,8,10-11,16,22-24,27H,1,6-7,9,12-15,17-20H2,2-4H3,(H,36,45)(H,37,42)(H,38,44)/t22-,23+,27-,35+/m0/s1. The first-order valence-electron chi connectivity index (χ1n) is 17.1. The number of sulfonamides is 1. The maximum atomic E-state index is 13.9. The highest BCUT2D eigenvalue weighted by atomic mass is 32.2. The fourth-order valence-electron chi connectivity index (χ4n) is 7.03. The summed E-state index contributed by atoms with van der Waals surface area (Å²) in [5.41, 5.74) is 0.402. The minimum atomic E-state index is -3.90. The Morgan fingerprint density at radius 1 is 1.14 bits per heavy atom. The van der Waals surface area contributed by atoms with Gasteiger partial charge < -0.3 is 29.6 Å². The number of cyclic esters (lactones) is 1. The number of hydrogen-bond donors (Lipinski definition) is 3. The number of alkyl carbamates (subject to hydrolysis) is 1. The van der Waals surface area contributed by atoms with Gasteiger partial charge in [0, 0.05) is 30.3 Å². The number of amides is 4. The van der Waals surface area contributed by atoms with E-state index in [2.05, 4.69) is 21.9 Å². The number of hydrogen-bond acceptors (Lipinski definition) is 9. The average molecular weight is 712 g/mol. The molecule has 1 aromatic carbocycles. The SMILES string of the molecule is C=C[C@H]1C[C@]1(NC(=O)[C@@H]1C[C@@H]2CN1C(=O)CNC(=O)OCC(C)(C)CCCCc1cccc3c1cc(n3C)C(=O)O2)C(=O)NS(=O)(=O)C1CC1. The maximum absolute atomic E-state index is 13.9. The van der Waals surface area contributed by atoms with Crippen molar-refractivity contribution in [1.82, 2.24) is 24.8 Å². The second-order valence-corrected chi connectivity index (χ2v) is 16.7. The Morgan fingerprint density at radius 2 is 1.90 bits per heavy atom. The van der Waals surface area contributed by atoms with E-state index in [1.807, 2.05) is 32.0 Å². The zero-order valence-electron chi connectivity index (χ0n) is 28.7. The Labute approximate surface area is 291 Å². The molecule has 3 fully saturated rings. The first-order chi connectivity index (χ1) is 23.6. The zero-order chi connectivity index (χ0) is 36.0. The molecule has 50 heavy (non-hydrogen) atoms. The molecule has 4 aliphatic rings. The number of esters is 1. The van der Waals surface area contributed by atoms with E-state index < -0.39 is 75.2 Å². The Bertz CT molecular complexity index is 1850. The van der Waals surface area contributed by atoms with Crippen molar-refractivity contribution < 1.29 is 41.9 Å². The van der Waals surface area contributed by atoms with E-state index in [1.165, 1.54) is 11.0 Å². The van der Waals surface area contributed by atoms with Crippen molar-refractivity contribution in [3.8, 4) is 0 Å². The highest BCUT2D eigenvalue weighted by Crippen LogP contribution is 2.45. The number of carbonyl (C=O) groups excluding carboxylic acids is 5. The molecule has 4 bridgehead atoms. The van der Waals surface area contributed by atoms with E-state index in [1.54, 1.807) is 17.7 Å². The van der Waals surface area contributed by atoms with Crippen LogP contribution in [0.1, 0.15) is 74.8 Å². The van der Waals surface area contributed by atoms with Gasteiger partial charge in [-0.1, -0.05) is 38.5 Å². The molecule has 4 atom stereocenters. The van der Waals surface area contributed by atoms with E-state index in [0.29, 0.717) is 18.5 Å². The van der Waals surface area contributed by atoms with E-state index in [9.17, 15) is 32.4 Å². The number of carbonyl (C=O) groups is 5. The highest BCUT2D eigenvalue weighted by Gasteiger charge is 2.62. The zero-order valence-corrected chi connectivity index (χ0v) is 29.5. The highest BCUT2D eigenvalue weighted by molar-refractivity contribution is 7.91. The maximum Gasteiger partial charge on any atom is 0.407 e. The molecule has 2 aliphatic carbocycles. The van der Waals surface area contributed by atoms with Crippen molar-refractivity contribution in [2.24, 2.45) is 18.4 Å². The molecule has 15 heteroatoms. The molecular formula is C35H45N5O9S.